The molecule has 1 aliphatic rings. The molecule has 4 aromatic rings. The number of thioether (sulfide) groups is 1. The van der Waals surface area contributed by atoms with Gasteiger partial charge in [-0.15, -0.1) is 11.8 Å². The van der Waals surface area contributed by atoms with E-state index in [2.05, 4.69) is 42.8 Å². The molecule has 98 valence electrons. The van der Waals surface area contributed by atoms with Crippen LogP contribution in [0.4, 0.5) is 5.69 Å². The molecular weight excluding hydrogens is 266 g/mol. The van der Waals surface area contributed by atoms with Crippen LogP contribution in [0, 0.1) is 6.92 Å². The monoisotopic (exact) mass is 279 g/mol. The molecule has 0 unspecified atom stereocenters. The van der Waals surface area contributed by atoms with Crippen LogP contribution in [-0.4, -0.2) is 12.2 Å². The summed E-state index contributed by atoms with van der Waals surface area (Å²) in [5.74, 6) is 0.0156. The smallest absolute Gasteiger partial charge is 0.257 e. The Kier molecular flexibility index (Phi) is 2.36. The Balaban J connectivity index is 2.09. The highest BCUT2D eigenvalue weighted by molar-refractivity contribution is 7.98. The normalized spacial score (nSPS) is 14.1. The highest BCUT2D eigenvalue weighted by Gasteiger charge is 2.28. The largest absolute Gasteiger partial charge is 0.321 e. The van der Waals surface area contributed by atoms with E-state index in [9.17, 15) is 4.79 Å². The first kappa shape index (κ1) is 11.8. The molecule has 1 N–H and O–H groups in total. The first-order valence-corrected chi connectivity index (χ1v) is 7.77. The number of fused-ring (bicyclic) bond motifs is 3. The molecule has 3 heteroatoms. The van der Waals surface area contributed by atoms with Gasteiger partial charge in [-0.25, -0.2) is 0 Å². The zero-order valence-corrected chi connectivity index (χ0v) is 12.1. The van der Waals surface area contributed by atoms with Gasteiger partial charge in [0.15, 0.2) is 0 Å². The van der Waals surface area contributed by atoms with Gasteiger partial charge in [-0.2, -0.15) is 0 Å². The van der Waals surface area contributed by atoms with Crippen LogP contribution in [-0.2, 0) is 4.79 Å². The van der Waals surface area contributed by atoms with Gasteiger partial charge in [-0.1, -0.05) is 12.1 Å². The Morgan fingerprint density at radius 2 is 1.85 bits per heavy atom. The van der Waals surface area contributed by atoms with Gasteiger partial charge in [0.25, 0.3) is 5.91 Å². The third kappa shape index (κ3) is 1.44. The Morgan fingerprint density at radius 1 is 1.10 bits per heavy atom. The van der Waals surface area contributed by atoms with E-state index in [1.54, 1.807) is 11.8 Å². The molecule has 2 bridgehead atoms. The van der Waals surface area contributed by atoms with Crippen molar-refractivity contribution >= 4 is 39.7 Å². The van der Waals surface area contributed by atoms with Gasteiger partial charge >= 0.3 is 0 Å². The van der Waals surface area contributed by atoms with Crippen LogP contribution in [0.25, 0.3) is 16.3 Å². The molecule has 5 rings (SSSR count). The van der Waals surface area contributed by atoms with Crippen molar-refractivity contribution in [2.75, 3.05) is 11.6 Å². The predicted octanol–water partition coefficient (Wildman–Crippen LogP) is 3.18. The molecule has 0 aromatic heterocycles. The number of amides is 1. The Labute approximate surface area is 121 Å². The summed E-state index contributed by atoms with van der Waals surface area (Å²) >= 11 is 1.73. The third-order valence-corrected chi connectivity index (χ3v) is 4.67. The molecule has 1 heterocycles. The van der Waals surface area contributed by atoms with E-state index in [1.165, 1.54) is 15.7 Å². The van der Waals surface area contributed by atoms with Crippen molar-refractivity contribution in [3.8, 4) is 0 Å². The van der Waals surface area contributed by atoms with E-state index in [1.807, 2.05) is 12.1 Å². The number of hydrogen-bond donors (Lipinski definition) is 1. The van der Waals surface area contributed by atoms with E-state index in [0.717, 1.165) is 27.6 Å². The van der Waals surface area contributed by atoms with Crippen molar-refractivity contribution in [1.29, 1.82) is 0 Å². The highest BCUT2D eigenvalue weighted by Crippen LogP contribution is 2.34. The van der Waals surface area contributed by atoms with Gasteiger partial charge in [-0.3, -0.25) is 4.79 Å². The van der Waals surface area contributed by atoms with Crippen molar-refractivity contribution in [2.24, 2.45) is 0 Å². The van der Waals surface area contributed by atoms with Crippen LogP contribution in [0.3, 0.4) is 0 Å². The average Bonchev–Trinajstić information content (AvgIpc) is 2.77. The summed E-state index contributed by atoms with van der Waals surface area (Å²) < 4.78 is 0. The number of aryl methyl sites for hydroxylation is 1. The van der Waals surface area contributed by atoms with Crippen molar-refractivity contribution < 1.29 is 4.79 Å². The number of hydrogen-bond acceptors (Lipinski definition) is 2. The van der Waals surface area contributed by atoms with Crippen LogP contribution in [0.2, 0.25) is 0 Å². The number of carbonyl (C=O) groups excluding carboxylic acids is 1. The van der Waals surface area contributed by atoms with Crippen LogP contribution in [0.5, 0.6) is 0 Å². The maximum Gasteiger partial charge on any atom is 0.257 e. The lowest BCUT2D eigenvalue weighted by atomic mass is 9.92. The quantitative estimate of drug-likeness (QED) is 0.693. The second-order valence-corrected chi connectivity index (χ2v) is 6.03. The molecule has 2 nitrogen and oxygen atoms in total. The van der Waals surface area contributed by atoms with E-state index < -0.39 is 0 Å². The van der Waals surface area contributed by atoms with Gasteiger partial charge in [0, 0.05) is 21.4 Å². The summed E-state index contributed by atoms with van der Waals surface area (Å²) in [6.07, 6.45) is 2.07. The number of nitrogens with one attached hydrogen (secondary N) is 1. The second kappa shape index (κ2) is 4.00. The summed E-state index contributed by atoms with van der Waals surface area (Å²) in [5.41, 5.74) is 3.96. The Morgan fingerprint density at radius 3 is 2.55 bits per heavy atom. The number of benzene rings is 3. The topological polar surface area (TPSA) is 29.1 Å². The van der Waals surface area contributed by atoms with E-state index in [-0.39, 0.29) is 5.91 Å². The van der Waals surface area contributed by atoms with E-state index >= 15 is 0 Å². The first-order chi connectivity index (χ1) is 9.69. The third-order valence-electron chi connectivity index (χ3n) is 3.97. The molecule has 0 spiro atoms. The van der Waals surface area contributed by atoms with Crippen molar-refractivity contribution in [3.63, 3.8) is 0 Å². The second-order valence-electron chi connectivity index (χ2n) is 5.15. The lowest BCUT2D eigenvalue weighted by Crippen LogP contribution is -2.19. The van der Waals surface area contributed by atoms with Gasteiger partial charge < -0.3 is 5.32 Å². The minimum atomic E-state index is 0.0156. The molecular formula is C17H13NOS. The molecule has 0 fully saturated rings. The molecule has 0 saturated heterocycles. The Hall–Kier alpha value is -2.00. The number of rotatable bonds is 1. The molecule has 0 saturated carbocycles. The molecule has 0 aliphatic carbocycles. The van der Waals surface area contributed by atoms with Gasteiger partial charge in [-0.05, 0) is 53.8 Å². The fraction of sp³-hybridized carbons (Fsp3) is 0.118. The minimum Gasteiger partial charge on any atom is -0.321 e. The highest BCUT2D eigenvalue weighted by atomic mass is 32.2. The van der Waals surface area contributed by atoms with Crippen LogP contribution >= 0.6 is 11.8 Å². The van der Waals surface area contributed by atoms with Crippen molar-refractivity contribution in [2.45, 2.75) is 11.8 Å². The SMILES string of the molecule is CSc1cc2cc(c1)c2=C1C(=O)Nc2cccc(C)c21. The zero-order chi connectivity index (χ0) is 13.9. The first-order valence-electron chi connectivity index (χ1n) is 6.54. The fourth-order valence-corrected chi connectivity index (χ4v) is 3.51. The van der Waals surface area contributed by atoms with E-state index in [4.69, 9.17) is 0 Å². The van der Waals surface area contributed by atoms with E-state index in [0.29, 0.717) is 0 Å². The minimum absolute atomic E-state index is 0.0156. The Bertz CT molecular complexity index is 867. The summed E-state index contributed by atoms with van der Waals surface area (Å²) in [4.78, 5) is 13.6. The number of anilines is 1. The molecule has 4 aromatic carbocycles. The lowest BCUT2D eigenvalue weighted by Gasteiger charge is -2.11. The standard InChI is InChI=1S/C17H13NOS/c1-9-4-3-5-13-14(9)16(17(19)18-13)15-10-6-11(15)8-12(7-10)20-2/h3-8H,1-2H3,(H,18,19). The summed E-state index contributed by atoms with van der Waals surface area (Å²) in [5, 5.41) is 6.43. The van der Waals surface area contributed by atoms with Crippen LogP contribution in [0.15, 0.2) is 41.3 Å². The summed E-state index contributed by atoms with van der Waals surface area (Å²) in [6, 6.07) is 12.5. The van der Waals surface area contributed by atoms with Crippen LogP contribution < -0.4 is 10.5 Å². The molecule has 0 atom stereocenters. The molecule has 20 heavy (non-hydrogen) atoms. The molecule has 1 amide bonds. The maximum atomic E-state index is 12.4. The maximum absolute atomic E-state index is 12.4. The molecule has 0 radical (unpaired) electrons. The van der Waals surface area contributed by atoms with Crippen LogP contribution in [0.1, 0.15) is 11.1 Å². The fourth-order valence-electron chi connectivity index (χ4n) is 3.02. The van der Waals surface area contributed by atoms with Gasteiger partial charge in [0.1, 0.15) is 0 Å². The predicted molar refractivity (Wildman–Crippen MR) is 84.5 cm³/mol. The molecule has 1 aliphatic heterocycles. The summed E-state index contributed by atoms with van der Waals surface area (Å²) in [6.45, 7) is 2.06. The van der Waals surface area contributed by atoms with Gasteiger partial charge in [0.05, 0.1) is 5.57 Å². The average molecular weight is 279 g/mol. The van der Waals surface area contributed by atoms with Crippen molar-refractivity contribution in [1.82, 2.24) is 0 Å². The number of carbonyl (C=O) groups is 1. The van der Waals surface area contributed by atoms with Crippen molar-refractivity contribution in [3.05, 3.63) is 52.7 Å². The summed E-state index contributed by atoms with van der Waals surface area (Å²) in [7, 11) is 0. The lowest BCUT2D eigenvalue weighted by molar-refractivity contribution is -0.110. The van der Waals surface area contributed by atoms with Gasteiger partial charge in [0.2, 0.25) is 0 Å². The zero-order valence-electron chi connectivity index (χ0n) is 11.3.